The minimum atomic E-state index is -0.0400. The van der Waals surface area contributed by atoms with Gasteiger partial charge in [-0.25, -0.2) is 0 Å². The Labute approximate surface area is 132 Å². The summed E-state index contributed by atoms with van der Waals surface area (Å²) in [6, 6.07) is 14.3. The molecule has 0 aliphatic rings. The third-order valence-corrected chi connectivity index (χ3v) is 4.53. The van der Waals surface area contributed by atoms with Gasteiger partial charge in [0, 0.05) is 15.4 Å². The second-order valence-corrected chi connectivity index (χ2v) is 6.27. The first-order chi connectivity index (χ1) is 9.65. The van der Waals surface area contributed by atoms with E-state index in [4.69, 9.17) is 10.5 Å². The summed E-state index contributed by atoms with van der Waals surface area (Å²) in [5.41, 5.74) is 8.69. The quantitative estimate of drug-likeness (QED) is 0.809. The molecule has 0 saturated heterocycles. The van der Waals surface area contributed by atoms with Crippen LogP contribution in [0.4, 0.5) is 0 Å². The van der Waals surface area contributed by atoms with Gasteiger partial charge in [-0.2, -0.15) is 0 Å². The molecule has 20 heavy (non-hydrogen) atoms. The van der Waals surface area contributed by atoms with Crippen molar-refractivity contribution in [3.05, 3.63) is 58.1 Å². The van der Waals surface area contributed by atoms with Gasteiger partial charge in [-0.3, -0.25) is 0 Å². The Bertz CT molecular complexity index is 588. The fraction of sp³-hybridized carbons (Fsp3) is 0.250. The summed E-state index contributed by atoms with van der Waals surface area (Å²) in [5.74, 6) is 0.880. The topological polar surface area (TPSA) is 35.2 Å². The highest BCUT2D eigenvalue weighted by atomic mass is 79.9. The first-order valence-electron chi connectivity index (χ1n) is 6.36. The predicted octanol–water partition coefficient (Wildman–Crippen LogP) is 4.42. The van der Waals surface area contributed by atoms with Gasteiger partial charge in [0.15, 0.2) is 0 Å². The molecule has 0 aliphatic carbocycles. The molecule has 1 atom stereocenters. The van der Waals surface area contributed by atoms with Gasteiger partial charge in [-0.05, 0) is 48.1 Å². The van der Waals surface area contributed by atoms with Crippen molar-refractivity contribution in [3.8, 4) is 5.75 Å². The molecule has 0 spiro atoms. The van der Waals surface area contributed by atoms with Crippen molar-refractivity contribution in [2.75, 3.05) is 13.4 Å². The maximum Gasteiger partial charge on any atom is 0.122 e. The molecule has 2 aromatic carbocycles. The van der Waals surface area contributed by atoms with Gasteiger partial charge in [0.2, 0.25) is 0 Å². The van der Waals surface area contributed by atoms with Crippen LogP contribution in [-0.4, -0.2) is 13.4 Å². The van der Waals surface area contributed by atoms with Crippen LogP contribution in [0.1, 0.15) is 17.2 Å². The van der Waals surface area contributed by atoms with Gasteiger partial charge in [-0.15, -0.1) is 11.8 Å². The first-order valence-corrected chi connectivity index (χ1v) is 8.38. The molecule has 2 nitrogen and oxygen atoms in total. The van der Waals surface area contributed by atoms with Crippen molar-refractivity contribution in [1.29, 1.82) is 0 Å². The smallest absolute Gasteiger partial charge is 0.122 e. The van der Waals surface area contributed by atoms with Crippen LogP contribution in [0.2, 0.25) is 0 Å². The molecule has 0 fully saturated rings. The Balaban J connectivity index is 2.27. The van der Waals surface area contributed by atoms with E-state index in [1.807, 2.05) is 24.3 Å². The molecule has 2 aromatic rings. The Kier molecular flexibility index (Phi) is 5.52. The second-order valence-electron chi connectivity index (χ2n) is 4.51. The number of thioether (sulfide) groups is 1. The number of rotatable bonds is 5. The molecule has 4 heteroatoms. The number of ether oxygens (including phenoxy) is 1. The Morgan fingerprint density at radius 3 is 2.70 bits per heavy atom. The fourth-order valence-electron chi connectivity index (χ4n) is 2.23. The molecule has 2 N–H and O–H groups in total. The molecule has 0 bridgehead atoms. The average molecular weight is 352 g/mol. The molecule has 2 rings (SSSR count). The predicted molar refractivity (Wildman–Crippen MR) is 89.5 cm³/mol. The fourth-order valence-corrected chi connectivity index (χ4v) is 3.30. The van der Waals surface area contributed by atoms with Crippen molar-refractivity contribution in [2.45, 2.75) is 17.4 Å². The van der Waals surface area contributed by atoms with Crippen molar-refractivity contribution >= 4 is 27.7 Å². The molecule has 1 unspecified atom stereocenters. The third-order valence-electron chi connectivity index (χ3n) is 3.22. The Hall–Kier alpha value is -0.970. The summed E-state index contributed by atoms with van der Waals surface area (Å²) in [6.07, 6.45) is 2.82. The van der Waals surface area contributed by atoms with Gasteiger partial charge in [-0.1, -0.05) is 34.1 Å². The third kappa shape index (κ3) is 3.57. The maximum absolute atomic E-state index is 6.39. The zero-order valence-electron chi connectivity index (χ0n) is 11.6. The standard InChI is InChI=1S/C16H18BrNOS/c1-19-15-8-7-12(17)9-11(15)10-14(18)13-5-3-4-6-16(13)20-2/h3-9,14H,10,18H2,1-2H3. The van der Waals surface area contributed by atoms with E-state index >= 15 is 0 Å². The van der Waals surface area contributed by atoms with Crippen molar-refractivity contribution in [1.82, 2.24) is 0 Å². The average Bonchev–Trinajstić information content (AvgIpc) is 2.47. The van der Waals surface area contributed by atoms with Gasteiger partial charge in [0.1, 0.15) is 5.75 Å². The van der Waals surface area contributed by atoms with E-state index in [0.717, 1.165) is 22.2 Å². The normalized spacial score (nSPS) is 12.2. The molecule has 0 heterocycles. The SMILES string of the molecule is COc1ccc(Br)cc1CC(N)c1ccccc1SC. The molecule has 0 amide bonds. The van der Waals surface area contributed by atoms with Crippen LogP contribution < -0.4 is 10.5 Å². The highest BCUT2D eigenvalue weighted by molar-refractivity contribution is 9.10. The summed E-state index contributed by atoms with van der Waals surface area (Å²) in [4.78, 5) is 1.23. The number of nitrogens with two attached hydrogens (primary N) is 1. The summed E-state index contributed by atoms with van der Waals surface area (Å²) >= 11 is 5.23. The van der Waals surface area contributed by atoms with E-state index in [1.165, 1.54) is 10.5 Å². The Morgan fingerprint density at radius 2 is 2.00 bits per heavy atom. The van der Waals surface area contributed by atoms with Crippen LogP contribution in [0, 0.1) is 0 Å². The molecule has 0 saturated carbocycles. The molecule has 0 aliphatic heterocycles. The van der Waals surface area contributed by atoms with Crippen molar-refractivity contribution < 1.29 is 4.74 Å². The lowest BCUT2D eigenvalue weighted by Crippen LogP contribution is -2.14. The van der Waals surface area contributed by atoms with Crippen molar-refractivity contribution in [3.63, 3.8) is 0 Å². The highest BCUT2D eigenvalue weighted by Crippen LogP contribution is 2.30. The van der Waals surface area contributed by atoms with E-state index in [9.17, 15) is 0 Å². The minimum absolute atomic E-state index is 0.0400. The minimum Gasteiger partial charge on any atom is -0.496 e. The van der Waals surface area contributed by atoms with E-state index in [0.29, 0.717) is 0 Å². The zero-order chi connectivity index (χ0) is 14.5. The first kappa shape index (κ1) is 15.4. The summed E-state index contributed by atoms with van der Waals surface area (Å²) in [7, 11) is 1.69. The van der Waals surface area contributed by atoms with Gasteiger partial charge < -0.3 is 10.5 Å². The van der Waals surface area contributed by atoms with Gasteiger partial charge in [0.25, 0.3) is 0 Å². The molecular weight excluding hydrogens is 334 g/mol. The summed E-state index contributed by atoms with van der Waals surface area (Å²) in [5, 5.41) is 0. The van der Waals surface area contributed by atoms with E-state index in [1.54, 1.807) is 18.9 Å². The molecule has 0 aromatic heterocycles. The summed E-state index contributed by atoms with van der Waals surface area (Å²) in [6.45, 7) is 0. The number of benzene rings is 2. The molecular formula is C16H18BrNOS. The summed E-state index contributed by atoms with van der Waals surface area (Å²) < 4.78 is 6.45. The van der Waals surface area contributed by atoms with Crippen LogP contribution in [0.25, 0.3) is 0 Å². The Morgan fingerprint density at radius 1 is 1.25 bits per heavy atom. The monoisotopic (exact) mass is 351 g/mol. The lowest BCUT2D eigenvalue weighted by molar-refractivity contribution is 0.408. The van der Waals surface area contributed by atoms with E-state index in [-0.39, 0.29) is 6.04 Å². The number of hydrogen-bond donors (Lipinski definition) is 1. The molecule has 106 valence electrons. The van der Waals surface area contributed by atoms with Crippen LogP contribution in [0.15, 0.2) is 51.8 Å². The van der Waals surface area contributed by atoms with Crippen LogP contribution in [0.5, 0.6) is 5.75 Å². The van der Waals surface area contributed by atoms with Crippen LogP contribution >= 0.6 is 27.7 Å². The van der Waals surface area contributed by atoms with Crippen molar-refractivity contribution in [2.24, 2.45) is 5.73 Å². The molecule has 0 radical (unpaired) electrons. The number of halogens is 1. The zero-order valence-corrected chi connectivity index (χ0v) is 14.0. The number of hydrogen-bond acceptors (Lipinski definition) is 3. The maximum atomic E-state index is 6.39. The van der Waals surface area contributed by atoms with Crippen LogP contribution in [-0.2, 0) is 6.42 Å². The van der Waals surface area contributed by atoms with Gasteiger partial charge >= 0.3 is 0 Å². The van der Waals surface area contributed by atoms with E-state index in [2.05, 4.69) is 40.4 Å². The number of methoxy groups -OCH3 is 1. The largest absolute Gasteiger partial charge is 0.496 e. The highest BCUT2D eigenvalue weighted by Gasteiger charge is 2.14. The second kappa shape index (κ2) is 7.16. The lowest BCUT2D eigenvalue weighted by Gasteiger charge is -2.17. The lowest BCUT2D eigenvalue weighted by atomic mass is 9.99. The van der Waals surface area contributed by atoms with E-state index < -0.39 is 0 Å². The van der Waals surface area contributed by atoms with Gasteiger partial charge in [0.05, 0.1) is 7.11 Å². The van der Waals surface area contributed by atoms with Crippen LogP contribution in [0.3, 0.4) is 0 Å².